The van der Waals surface area contributed by atoms with Crippen molar-refractivity contribution in [3.05, 3.63) is 124 Å². The minimum Gasteiger partial charge on any atom is -0.369 e. The van der Waals surface area contributed by atoms with Crippen molar-refractivity contribution in [2.24, 2.45) is 4.99 Å². The van der Waals surface area contributed by atoms with Crippen LogP contribution in [0.3, 0.4) is 0 Å². The first-order valence-electron chi connectivity index (χ1n) is 10.7. The molecule has 2 aliphatic carbocycles. The Kier molecular flexibility index (Phi) is 12.6. The van der Waals surface area contributed by atoms with Crippen LogP contribution in [0.25, 0.3) is 0 Å². The van der Waals surface area contributed by atoms with E-state index in [-0.39, 0.29) is 23.1 Å². The van der Waals surface area contributed by atoms with Gasteiger partial charge >= 0.3 is 17.1 Å². The molecule has 2 fully saturated rings. The maximum absolute atomic E-state index is 4.83. The number of nitrogens with zero attached hydrogens (tertiary/aromatic N) is 2. The molecular weight excluding hydrogens is 451 g/mol. The van der Waals surface area contributed by atoms with Crippen molar-refractivity contribution in [1.29, 1.82) is 0 Å². The molecule has 2 nitrogen and oxygen atoms in total. The molecule has 0 bridgehead atoms. The van der Waals surface area contributed by atoms with Crippen LogP contribution in [-0.4, -0.2) is 31.4 Å². The van der Waals surface area contributed by atoms with Crippen molar-refractivity contribution in [3.63, 3.8) is 0 Å². The summed E-state index contributed by atoms with van der Waals surface area (Å²) in [7, 11) is 3.45. The quantitative estimate of drug-likeness (QED) is 0.228. The smallest absolute Gasteiger partial charge is 0.369 e. The molecule has 10 radical (unpaired) electrons. The average Bonchev–Trinajstić information content (AvgIpc) is 3.52. The van der Waals surface area contributed by atoms with Gasteiger partial charge in [-0.2, -0.15) is 0 Å². The van der Waals surface area contributed by atoms with Crippen molar-refractivity contribution >= 4 is 24.9 Å². The van der Waals surface area contributed by atoms with Crippen LogP contribution in [0.5, 0.6) is 0 Å². The Morgan fingerprint density at radius 1 is 0.781 bits per heavy atom. The number of benzene rings is 2. The van der Waals surface area contributed by atoms with E-state index >= 15 is 0 Å². The van der Waals surface area contributed by atoms with Gasteiger partial charge in [0.15, 0.2) is 0 Å². The Balaban J connectivity index is 0.000000534. The number of hydrogen-bond donors (Lipinski definition) is 0. The van der Waals surface area contributed by atoms with E-state index in [0.29, 0.717) is 0 Å². The molecule has 32 heavy (non-hydrogen) atoms. The number of aliphatic imine (C=N–C) groups is 1. The van der Waals surface area contributed by atoms with Gasteiger partial charge in [-0.25, -0.2) is 0 Å². The van der Waals surface area contributed by atoms with E-state index in [0.717, 1.165) is 6.42 Å². The van der Waals surface area contributed by atoms with E-state index in [9.17, 15) is 0 Å². The predicted molar refractivity (Wildman–Crippen MR) is 136 cm³/mol. The molecule has 164 valence electrons. The third kappa shape index (κ3) is 8.02. The van der Waals surface area contributed by atoms with Gasteiger partial charge in [-0.05, 0) is 76.3 Å². The van der Waals surface area contributed by atoms with E-state index in [1.807, 2.05) is 57.4 Å². The molecule has 0 saturated heterocycles. The van der Waals surface area contributed by atoms with E-state index < -0.39 is 7.92 Å². The molecule has 0 aromatic heterocycles. The summed E-state index contributed by atoms with van der Waals surface area (Å²) >= 11 is 0. The summed E-state index contributed by atoms with van der Waals surface area (Å²) < 4.78 is 0. The van der Waals surface area contributed by atoms with Crippen LogP contribution in [0.2, 0.25) is 0 Å². The standard InChI is InChI=1S/C23H26N2P.C5H5.Fe/c1-4-22(24-18-25(2)3)21-16-11-17-23(21)26(19-12-7-5-8-13-19)20-14-9-6-10-15-20;1-2-4-5-3-1;/h5-18,22H,4H2,1-3H3;1-5H;/q;;+2/t22-;;/m1../s1. The van der Waals surface area contributed by atoms with Gasteiger partial charge in [-0.3, -0.25) is 4.99 Å². The largest absolute Gasteiger partial charge is 2.00 e. The van der Waals surface area contributed by atoms with Gasteiger partial charge in [0, 0.05) is 25.7 Å². The average molecular weight is 482 g/mol. The van der Waals surface area contributed by atoms with Crippen LogP contribution in [-0.2, 0) is 17.1 Å². The maximum atomic E-state index is 4.83. The van der Waals surface area contributed by atoms with E-state index in [1.54, 1.807) is 0 Å². The van der Waals surface area contributed by atoms with Crippen LogP contribution >= 0.6 is 7.92 Å². The molecule has 2 aromatic rings. The third-order valence-corrected chi connectivity index (χ3v) is 7.39. The SMILES string of the molecule is CC[C@@H](N=CN(C)C)[C]1[CH][CH][CH][C]1P(c1ccccc1)c1ccccc1.[CH]1[CH][CH][CH][CH]1.[Fe+2]. The van der Waals surface area contributed by atoms with Gasteiger partial charge < -0.3 is 4.90 Å². The van der Waals surface area contributed by atoms with Gasteiger partial charge in [0.2, 0.25) is 0 Å². The topological polar surface area (TPSA) is 15.6 Å². The summed E-state index contributed by atoms with van der Waals surface area (Å²) in [6.45, 7) is 2.21. The summed E-state index contributed by atoms with van der Waals surface area (Å²) in [5.74, 6) is 1.35. The second-order valence-electron chi connectivity index (χ2n) is 7.49. The Hall–Kier alpha value is -1.14. The third-order valence-electron chi connectivity index (χ3n) is 4.87. The molecule has 4 heteroatoms. The predicted octanol–water partition coefficient (Wildman–Crippen LogP) is 5.24. The zero-order valence-corrected chi connectivity index (χ0v) is 20.9. The fraction of sp³-hybridized carbons (Fsp3) is 0.179. The molecule has 2 saturated carbocycles. The molecule has 2 aromatic carbocycles. The Bertz CT molecular complexity index is 714. The van der Waals surface area contributed by atoms with Crippen molar-refractivity contribution in [2.75, 3.05) is 14.1 Å². The summed E-state index contributed by atoms with van der Waals surface area (Å²) in [5.41, 5.74) is 1.42. The van der Waals surface area contributed by atoms with Crippen LogP contribution in [0.1, 0.15) is 13.3 Å². The van der Waals surface area contributed by atoms with Crippen LogP contribution in [0.4, 0.5) is 0 Å². The second kappa shape index (κ2) is 14.9. The first kappa shape index (κ1) is 27.1. The van der Waals surface area contributed by atoms with Crippen LogP contribution in [0.15, 0.2) is 65.7 Å². The molecular formula is C28H31FeN2P+2. The molecule has 0 spiro atoms. The second-order valence-corrected chi connectivity index (χ2v) is 9.67. The summed E-state index contributed by atoms with van der Waals surface area (Å²) in [6, 6.07) is 21.9. The fourth-order valence-corrected chi connectivity index (χ4v) is 5.94. The molecule has 4 rings (SSSR count). The van der Waals surface area contributed by atoms with Gasteiger partial charge in [-0.15, -0.1) is 0 Å². The minimum atomic E-state index is -0.581. The van der Waals surface area contributed by atoms with Gasteiger partial charge in [0.25, 0.3) is 0 Å². The minimum absolute atomic E-state index is 0. The molecule has 1 atom stereocenters. The molecule has 0 unspecified atom stereocenters. The Morgan fingerprint density at radius 3 is 1.72 bits per heavy atom. The van der Waals surface area contributed by atoms with Crippen molar-refractivity contribution in [1.82, 2.24) is 4.90 Å². The normalized spacial score (nSPS) is 17.8. The van der Waals surface area contributed by atoms with Crippen molar-refractivity contribution in [3.8, 4) is 0 Å². The first-order chi connectivity index (χ1) is 15.2. The van der Waals surface area contributed by atoms with E-state index in [2.05, 4.69) is 86.8 Å². The molecule has 0 N–H and O–H groups in total. The summed E-state index contributed by atoms with van der Waals surface area (Å²) in [5, 5.41) is 2.76. The molecule has 2 aliphatic rings. The zero-order valence-electron chi connectivity index (χ0n) is 18.9. The Labute approximate surface area is 208 Å². The zero-order chi connectivity index (χ0) is 21.9. The first-order valence-corrected chi connectivity index (χ1v) is 12.1. The molecule has 0 aliphatic heterocycles. The summed E-state index contributed by atoms with van der Waals surface area (Å²) in [4.78, 5) is 6.83. The van der Waals surface area contributed by atoms with Gasteiger partial charge in [0.1, 0.15) is 0 Å². The van der Waals surface area contributed by atoms with Gasteiger partial charge in [-0.1, -0.05) is 67.6 Å². The van der Waals surface area contributed by atoms with Gasteiger partial charge in [0.05, 0.1) is 12.4 Å². The summed E-state index contributed by atoms with van der Waals surface area (Å²) in [6.07, 6.45) is 19.6. The molecule has 0 heterocycles. The maximum Gasteiger partial charge on any atom is 2.00 e. The number of hydrogen-bond acceptors (Lipinski definition) is 1. The Morgan fingerprint density at radius 2 is 1.28 bits per heavy atom. The van der Waals surface area contributed by atoms with Crippen LogP contribution in [0, 0.1) is 62.9 Å². The monoisotopic (exact) mass is 482 g/mol. The van der Waals surface area contributed by atoms with Crippen molar-refractivity contribution < 1.29 is 17.1 Å². The van der Waals surface area contributed by atoms with E-state index in [1.165, 1.54) is 22.2 Å². The molecule has 0 amide bonds. The van der Waals surface area contributed by atoms with Crippen LogP contribution < -0.4 is 10.6 Å². The fourth-order valence-electron chi connectivity index (χ4n) is 3.43. The van der Waals surface area contributed by atoms with E-state index in [4.69, 9.17) is 4.99 Å². The number of rotatable bonds is 7. The van der Waals surface area contributed by atoms with Crippen molar-refractivity contribution in [2.45, 2.75) is 19.4 Å².